The van der Waals surface area contributed by atoms with Crippen LogP contribution >= 0.6 is 0 Å². The molecule has 6 nitrogen and oxygen atoms in total. The molecule has 0 bridgehead atoms. The first-order valence-electron chi connectivity index (χ1n) is 9.94. The van der Waals surface area contributed by atoms with Crippen LogP contribution in [0.2, 0.25) is 0 Å². The number of rotatable bonds is 9. The van der Waals surface area contributed by atoms with Gasteiger partial charge in [-0.1, -0.05) is 6.07 Å². The van der Waals surface area contributed by atoms with Gasteiger partial charge < -0.3 is 15.0 Å². The van der Waals surface area contributed by atoms with Crippen LogP contribution in [0.3, 0.4) is 0 Å². The predicted octanol–water partition coefficient (Wildman–Crippen LogP) is 2.94. The Morgan fingerprint density at radius 1 is 1.24 bits per heavy atom. The number of pyridine rings is 1. The molecule has 1 fully saturated rings. The van der Waals surface area contributed by atoms with Crippen molar-refractivity contribution >= 4 is 11.8 Å². The molecule has 2 heterocycles. The topological polar surface area (TPSA) is 71.5 Å². The first kappa shape index (κ1) is 20.9. The van der Waals surface area contributed by atoms with Crippen LogP contribution in [-0.4, -0.2) is 47.5 Å². The highest BCUT2D eigenvalue weighted by Crippen LogP contribution is 2.16. The van der Waals surface area contributed by atoms with E-state index in [1.54, 1.807) is 12.4 Å². The summed E-state index contributed by atoms with van der Waals surface area (Å²) in [5.74, 6) is -0.628. The van der Waals surface area contributed by atoms with Gasteiger partial charge in [-0.25, -0.2) is 4.39 Å². The molecular formula is C22H26FN3O3. The van der Waals surface area contributed by atoms with E-state index in [0.717, 1.165) is 25.0 Å². The van der Waals surface area contributed by atoms with Gasteiger partial charge in [-0.2, -0.15) is 0 Å². The van der Waals surface area contributed by atoms with Crippen molar-refractivity contribution in [1.82, 2.24) is 15.2 Å². The van der Waals surface area contributed by atoms with Gasteiger partial charge in [-0.3, -0.25) is 14.6 Å². The summed E-state index contributed by atoms with van der Waals surface area (Å²) in [5.41, 5.74) is 1.37. The molecule has 2 amide bonds. The Morgan fingerprint density at radius 2 is 2.07 bits per heavy atom. The highest BCUT2D eigenvalue weighted by Gasteiger charge is 2.22. The van der Waals surface area contributed by atoms with E-state index in [9.17, 15) is 14.0 Å². The zero-order chi connectivity index (χ0) is 20.5. The minimum atomic E-state index is -0.382. The first-order valence-corrected chi connectivity index (χ1v) is 9.94. The summed E-state index contributed by atoms with van der Waals surface area (Å²) in [6, 6.07) is 9.18. The Balaban J connectivity index is 1.48. The number of hydrogen-bond acceptors (Lipinski definition) is 4. The molecule has 7 heteroatoms. The molecule has 1 aliphatic heterocycles. The van der Waals surface area contributed by atoms with Crippen LogP contribution in [0.25, 0.3) is 0 Å². The average Bonchev–Trinajstić information content (AvgIpc) is 3.25. The third-order valence-corrected chi connectivity index (χ3v) is 4.86. The third-order valence-electron chi connectivity index (χ3n) is 4.86. The van der Waals surface area contributed by atoms with Crippen molar-refractivity contribution in [3.63, 3.8) is 0 Å². The lowest BCUT2D eigenvalue weighted by atomic mass is 10.1. The highest BCUT2D eigenvalue weighted by molar-refractivity contribution is 5.94. The molecule has 0 aliphatic carbocycles. The van der Waals surface area contributed by atoms with E-state index >= 15 is 0 Å². The number of carbonyl (C=O) groups is 2. The molecule has 1 atom stereocenters. The second kappa shape index (κ2) is 10.7. The van der Waals surface area contributed by atoms with E-state index in [1.165, 1.54) is 24.3 Å². The SMILES string of the molecule is O=C(NCCCC(=O)N(Cc1cccnc1)CC1CCCO1)c1ccc(F)cc1. The lowest BCUT2D eigenvalue weighted by Crippen LogP contribution is -2.37. The van der Waals surface area contributed by atoms with Crippen molar-refractivity contribution in [2.45, 2.75) is 38.3 Å². The Bertz CT molecular complexity index is 793. The second-order valence-electron chi connectivity index (χ2n) is 7.14. The van der Waals surface area contributed by atoms with Crippen LogP contribution in [-0.2, 0) is 16.1 Å². The molecule has 1 aromatic heterocycles. The molecular weight excluding hydrogens is 373 g/mol. The fourth-order valence-electron chi connectivity index (χ4n) is 3.30. The molecule has 0 spiro atoms. The largest absolute Gasteiger partial charge is 0.376 e. The smallest absolute Gasteiger partial charge is 0.251 e. The highest BCUT2D eigenvalue weighted by atomic mass is 19.1. The molecule has 29 heavy (non-hydrogen) atoms. The number of benzene rings is 1. The van der Waals surface area contributed by atoms with Crippen molar-refractivity contribution < 1.29 is 18.7 Å². The van der Waals surface area contributed by atoms with E-state index in [-0.39, 0.29) is 23.7 Å². The lowest BCUT2D eigenvalue weighted by Gasteiger charge is -2.25. The van der Waals surface area contributed by atoms with Crippen LogP contribution in [0.5, 0.6) is 0 Å². The number of halogens is 1. The zero-order valence-electron chi connectivity index (χ0n) is 16.4. The van der Waals surface area contributed by atoms with E-state index in [0.29, 0.717) is 38.0 Å². The zero-order valence-corrected chi connectivity index (χ0v) is 16.4. The predicted molar refractivity (Wildman–Crippen MR) is 107 cm³/mol. The van der Waals surface area contributed by atoms with Gasteiger partial charge in [0, 0.05) is 50.6 Å². The standard InChI is InChI=1S/C22H26FN3O3/c23-19-9-7-18(8-10-19)22(28)25-12-2-6-21(27)26(16-20-5-3-13-29-20)15-17-4-1-11-24-14-17/h1,4,7-11,14,20H,2-3,5-6,12-13,15-16H2,(H,25,28). The number of ether oxygens (including phenoxy) is 1. The quantitative estimate of drug-likeness (QED) is 0.658. The van der Waals surface area contributed by atoms with Crippen LogP contribution < -0.4 is 5.32 Å². The van der Waals surface area contributed by atoms with Gasteiger partial charge in [-0.15, -0.1) is 0 Å². The molecule has 1 aliphatic rings. The maximum absolute atomic E-state index is 12.9. The van der Waals surface area contributed by atoms with Gasteiger partial charge in [0.15, 0.2) is 0 Å². The number of amides is 2. The second-order valence-corrected chi connectivity index (χ2v) is 7.14. The van der Waals surface area contributed by atoms with E-state index in [4.69, 9.17) is 4.74 Å². The summed E-state index contributed by atoms with van der Waals surface area (Å²) >= 11 is 0. The Hall–Kier alpha value is -2.80. The van der Waals surface area contributed by atoms with Crippen molar-refractivity contribution in [1.29, 1.82) is 0 Å². The Morgan fingerprint density at radius 3 is 2.76 bits per heavy atom. The monoisotopic (exact) mass is 399 g/mol. The maximum Gasteiger partial charge on any atom is 0.251 e. The summed E-state index contributed by atoms with van der Waals surface area (Å²) in [7, 11) is 0. The molecule has 1 aromatic carbocycles. The van der Waals surface area contributed by atoms with Crippen LogP contribution in [0.4, 0.5) is 4.39 Å². The van der Waals surface area contributed by atoms with Gasteiger partial charge in [0.1, 0.15) is 5.82 Å². The van der Waals surface area contributed by atoms with Gasteiger partial charge in [0.2, 0.25) is 5.91 Å². The van der Waals surface area contributed by atoms with Crippen molar-refractivity contribution in [3.05, 3.63) is 65.7 Å². The van der Waals surface area contributed by atoms with Crippen LogP contribution in [0, 0.1) is 5.82 Å². The fraction of sp³-hybridized carbons (Fsp3) is 0.409. The van der Waals surface area contributed by atoms with Gasteiger partial charge in [0.25, 0.3) is 5.91 Å². The van der Waals surface area contributed by atoms with Gasteiger partial charge >= 0.3 is 0 Å². The fourth-order valence-corrected chi connectivity index (χ4v) is 3.30. The summed E-state index contributed by atoms with van der Waals surface area (Å²) in [6.07, 6.45) is 6.39. The maximum atomic E-state index is 12.9. The van der Waals surface area contributed by atoms with Crippen LogP contribution in [0.1, 0.15) is 41.6 Å². The summed E-state index contributed by atoms with van der Waals surface area (Å²) in [4.78, 5) is 30.8. The summed E-state index contributed by atoms with van der Waals surface area (Å²) in [5, 5.41) is 2.77. The van der Waals surface area contributed by atoms with Gasteiger partial charge in [-0.05, 0) is 55.2 Å². The number of hydrogen-bond donors (Lipinski definition) is 1. The normalized spacial score (nSPS) is 15.8. The Labute approximate surface area is 170 Å². The van der Waals surface area contributed by atoms with Crippen molar-refractivity contribution in [3.8, 4) is 0 Å². The molecule has 1 N–H and O–H groups in total. The number of carbonyl (C=O) groups excluding carboxylic acids is 2. The van der Waals surface area contributed by atoms with Crippen molar-refractivity contribution in [2.24, 2.45) is 0 Å². The molecule has 0 saturated carbocycles. The molecule has 0 radical (unpaired) electrons. The number of nitrogens with zero attached hydrogens (tertiary/aromatic N) is 2. The Kier molecular flexibility index (Phi) is 7.69. The number of aromatic nitrogens is 1. The number of nitrogens with one attached hydrogen (secondary N) is 1. The van der Waals surface area contributed by atoms with E-state index in [2.05, 4.69) is 10.3 Å². The minimum Gasteiger partial charge on any atom is -0.376 e. The molecule has 3 rings (SSSR count). The molecule has 154 valence electrons. The summed E-state index contributed by atoms with van der Waals surface area (Å²) in [6.45, 7) is 2.18. The molecule has 1 saturated heterocycles. The average molecular weight is 399 g/mol. The van der Waals surface area contributed by atoms with E-state index < -0.39 is 0 Å². The minimum absolute atomic E-state index is 0.0281. The lowest BCUT2D eigenvalue weighted by molar-refractivity contribution is -0.133. The van der Waals surface area contributed by atoms with Gasteiger partial charge in [0.05, 0.1) is 6.10 Å². The first-order chi connectivity index (χ1) is 14.1. The summed E-state index contributed by atoms with van der Waals surface area (Å²) < 4.78 is 18.6. The molecule has 1 unspecified atom stereocenters. The van der Waals surface area contributed by atoms with Crippen molar-refractivity contribution in [2.75, 3.05) is 19.7 Å². The molecule has 2 aromatic rings. The van der Waals surface area contributed by atoms with E-state index in [1.807, 2.05) is 17.0 Å². The van der Waals surface area contributed by atoms with Crippen LogP contribution in [0.15, 0.2) is 48.8 Å². The third kappa shape index (κ3) is 6.64.